The first-order valence-corrected chi connectivity index (χ1v) is 10.0. The van der Waals surface area contributed by atoms with Gasteiger partial charge in [-0.2, -0.15) is 13.2 Å². The molecule has 5 nitrogen and oxygen atoms in total. The van der Waals surface area contributed by atoms with Gasteiger partial charge in [-0.1, -0.05) is 18.2 Å². The zero-order chi connectivity index (χ0) is 23.3. The standard InChI is InChI=1S/C22H23F5N2O3/c23-18-6-3-16(10-19(18)24)20-12-29(7-8-32-20)21(31)28-11-15(13-30)9-14-1-4-17(5-2-14)22(25,26)27/h1-6,10,15,20,30H,7-9,11-13H2,(H,28,31)/t15-,20+/m0/s1. The number of rotatable bonds is 6. The fraction of sp³-hybridized carbons (Fsp3) is 0.409. The molecular formula is C22H23F5N2O3. The number of morpholine rings is 1. The third-order valence-electron chi connectivity index (χ3n) is 5.27. The molecule has 2 aromatic rings. The number of halogens is 5. The SMILES string of the molecule is O=C(NC[C@@H](CO)Cc1ccc(C(F)(F)F)cc1)N1CCO[C@@H](c2ccc(F)c(F)c2)C1. The number of alkyl halides is 3. The molecule has 2 atom stereocenters. The summed E-state index contributed by atoms with van der Waals surface area (Å²) in [7, 11) is 0. The molecule has 0 bridgehead atoms. The van der Waals surface area contributed by atoms with Crippen LogP contribution in [-0.4, -0.2) is 48.9 Å². The largest absolute Gasteiger partial charge is 0.416 e. The smallest absolute Gasteiger partial charge is 0.396 e. The zero-order valence-electron chi connectivity index (χ0n) is 17.0. The third-order valence-corrected chi connectivity index (χ3v) is 5.27. The molecule has 3 rings (SSSR count). The average Bonchev–Trinajstić information content (AvgIpc) is 2.78. The second kappa shape index (κ2) is 10.3. The highest BCUT2D eigenvalue weighted by atomic mass is 19.4. The summed E-state index contributed by atoms with van der Waals surface area (Å²) < 4.78 is 70.2. The Kier molecular flexibility index (Phi) is 7.68. The first-order chi connectivity index (χ1) is 15.2. The van der Waals surface area contributed by atoms with Crippen LogP contribution in [0, 0.1) is 17.6 Å². The molecule has 10 heteroatoms. The predicted molar refractivity (Wildman–Crippen MR) is 106 cm³/mol. The number of hydrogen-bond acceptors (Lipinski definition) is 3. The lowest BCUT2D eigenvalue weighted by Crippen LogP contribution is -2.48. The van der Waals surface area contributed by atoms with Gasteiger partial charge < -0.3 is 20.1 Å². The summed E-state index contributed by atoms with van der Waals surface area (Å²) in [5, 5.41) is 12.3. The maximum Gasteiger partial charge on any atom is 0.416 e. The van der Waals surface area contributed by atoms with Gasteiger partial charge in [0.05, 0.1) is 18.7 Å². The summed E-state index contributed by atoms with van der Waals surface area (Å²) in [6.07, 6.45) is -4.74. The number of nitrogens with one attached hydrogen (secondary N) is 1. The summed E-state index contributed by atoms with van der Waals surface area (Å²) in [4.78, 5) is 14.0. The van der Waals surface area contributed by atoms with Gasteiger partial charge in [0, 0.05) is 25.6 Å². The van der Waals surface area contributed by atoms with Crippen LogP contribution >= 0.6 is 0 Å². The van der Waals surface area contributed by atoms with Crippen LogP contribution in [0.1, 0.15) is 22.8 Å². The number of hydrogen-bond donors (Lipinski definition) is 2. The number of amides is 2. The van der Waals surface area contributed by atoms with E-state index in [9.17, 15) is 31.9 Å². The van der Waals surface area contributed by atoms with Crippen LogP contribution in [0.5, 0.6) is 0 Å². The first kappa shape index (κ1) is 23.9. The van der Waals surface area contributed by atoms with Gasteiger partial charge in [0.1, 0.15) is 6.10 Å². The molecule has 0 radical (unpaired) electrons. The van der Waals surface area contributed by atoms with Gasteiger partial charge in [0.25, 0.3) is 0 Å². The van der Waals surface area contributed by atoms with Gasteiger partial charge in [0.2, 0.25) is 0 Å². The molecule has 0 unspecified atom stereocenters. The molecule has 32 heavy (non-hydrogen) atoms. The predicted octanol–water partition coefficient (Wildman–Crippen LogP) is 3.92. The Morgan fingerprint density at radius 2 is 1.88 bits per heavy atom. The van der Waals surface area contributed by atoms with E-state index in [1.54, 1.807) is 0 Å². The molecule has 2 amide bonds. The average molecular weight is 458 g/mol. The van der Waals surface area contributed by atoms with E-state index in [4.69, 9.17) is 4.74 Å². The van der Waals surface area contributed by atoms with Crippen molar-refractivity contribution in [2.45, 2.75) is 18.7 Å². The summed E-state index contributed by atoms with van der Waals surface area (Å²) in [6.45, 7) is 0.506. The number of aliphatic hydroxyl groups excluding tert-OH is 1. The molecule has 2 aromatic carbocycles. The molecular weight excluding hydrogens is 435 g/mol. The molecule has 174 valence electrons. The van der Waals surface area contributed by atoms with E-state index in [0.717, 1.165) is 24.3 Å². The Balaban J connectivity index is 1.53. The van der Waals surface area contributed by atoms with Crippen molar-refractivity contribution in [1.29, 1.82) is 0 Å². The van der Waals surface area contributed by atoms with Gasteiger partial charge in [0.15, 0.2) is 11.6 Å². The van der Waals surface area contributed by atoms with Crippen LogP contribution in [0.25, 0.3) is 0 Å². The van der Waals surface area contributed by atoms with Crippen LogP contribution in [0.2, 0.25) is 0 Å². The van der Waals surface area contributed by atoms with E-state index >= 15 is 0 Å². The number of benzene rings is 2. The molecule has 2 N–H and O–H groups in total. The number of ether oxygens (including phenoxy) is 1. The molecule has 1 heterocycles. The topological polar surface area (TPSA) is 61.8 Å². The van der Waals surface area contributed by atoms with Gasteiger partial charge in [-0.15, -0.1) is 0 Å². The molecule has 0 spiro atoms. The highest BCUT2D eigenvalue weighted by Gasteiger charge is 2.30. The van der Waals surface area contributed by atoms with E-state index in [1.807, 2.05) is 0 Å². The zero-order valence-corrected chi connectivity index (χ0v) is 17.0. The summed E-state index contributed by atoms with van der Waals surface area (Å²) in [5.41, 5.74) is 0.269. The fourth-order valence-electron chi connectivity index (χ4n) is 3.46. The molecule has 1 fully saturated rings. The third kappa shape index (κ3) is 6.17. The Bertz CT molecular complexity index is 921. The van der Waals surface area contributed by atoms with Gasteiger partial charge in [-0.25, -0.2) is 13.6 Å². The van der Waals surface area contributed by atoms with Crippen LogP contribution in [-0.2, 0) is 17.3 Å². The molecule has 1 saturated heterocycles. The summed E-state index contributed by atoms with van der Waals surface area (Å²) in [6, 6.07) is 7.68. The summed E-state index contributed by atoms with van der Waals surface area (Å²) >= 11 is 0. The van der Waals surface area contributed by atoms with E-state index < -0.39 is 41.4 Å². The van der Waals surface area contributed by atoms with E-state index in [1.165, 1.54) is 23.1 Å². The minimum atomic E-state index is -4.42. The number of urea groups is 1. The quantitative estimate of drug-likeness (QED) is 0.646. The Morgan fingerprint density at radius 3 is 2.50 bits per heavy atom. The van der Waals surface area contributed by atoms with Gasteiger partial charge in [-0.05, 0) is 41.8 Å². The maximum absolute atomic E-state index is 13.5. The molecule has 0 aliphatic carbocycles. The molecule has 0 aromatic heterocycles. The lowest BCUT2D eigenvalue weighted by atomic mass is 9.99. The first-order valence-electron chi connectivity index (χ1n) is 10.0. The maximum atomic E-state index is 13.5. The Morgan fingerprint density at radius 1 is 1.16 bits per heavy atom. The molecule has 1 aliphatic heterocycles. The van der Waals surface area contributed by atoms with Crippen molar-refractivity contribution in [2.75, 3.05) is 32.8 Å². The lowest BCUT2D eigenvalue weighted by molar-refractivity contribution is -0.137. The van der Waals surface area contributed by atoms with E-state index in [0.29, 0.717) is 17.7 Å². The fourth-order valence-corrected chi connectivity index (χ4v) is 3.46. The molecule has 0 saturated carbocycles. The van der Waals surface area contributed by atoms with Crippen LogP contribution in [0.3, 0.4) is 0 Å². The van der Waals surface area contributed by atoms with Crippen LogP contribution in [0.15, 0.2) is 42.5 Å². The monoisotopic (exact) mass is 458 g/mol. The minimum Gasteiger partial charge on any atom is -0.396 e. The normalized spacial score (nSPS) is 17.8. The van der Waals surface area contributed by atoms with Crippen molar-refractivity contribution in [3.8, 4) is 0 Å². The minimum absolute atomic E-state index is 0.115. The van der Waals surface area contributed by atoms with Crippen LogP contribution in [0.4, 0.5) is 26.7 Å². The number of carbonyl (C=O) groups excluding carboxylic acids is 1. The van der Waals surface area contributed by atoms with Crippen LogP contribution < -0.4 is 5.32 Å². The highest BCUT2D eigenvalue weighted by molar-refractivity contribution is 5.74. The van der Waals surface area contributed by atoms with Crippen molar-refractivity contribution in [1.82, 2.24) is 10.2 Å². The lowest BCUT2D eigenvalue weighted by Gasteiger charge is -2.33. The van der Waals surface area contributed by atoms with Crippen molar-refractivity contribution < 1.29 is 36.6 Å². The van der Waals surface area contributed by atoms with E-state index in [2.05, 4.69) is 5.32 Å². The van der Waals surface area contributed by atoms with Gasteiger partial charge >= 0.3 is 12.2 Å². The van der Waals surface area contributed by atoms with Gasteiger partial charge in [-0.3, -0.25) is 0 Å². The number of carbonyl (C=O) groups is 1. The van der Waals surface area contributed by atoms with Crippen molar-refractivity contribution in [2.24, 2.45) is 5.92 Å². The highest BCUT2D eigenvalue weighted by Crippen LogP contribution is 2.29. The van der Waals surface area contributed by atoms with Crippen molar-refractivity contribution in [3.63, 3.8) is 0 Å². The second-order valence-electron chi connectivity index (χ2n) is 7.61. The Labute approximate surface area is 181 Å². The van der Waals surface area contributed by atoms with Crippen molar-refractivity contribution >= 4 is 6.03 Å². The Hall–Kier alpha value is -2.72. The second-order valence-corrected chi connectivity index (χ2v) is 7.61. The number of nitrogens with zero attached hydrogens (tertiary/aromatic N) is 1. The summed E-state index contributed by atoms with van der Waals surface area (Å²) in [5.74, 6) is -2.36. The van der Waals surface area contributed by atoms with E-state index in [-0.39, 0.29) is 32.7 Å². The number of aliphatic hydroxyl groups is 1. The van der Waals surface area contributed by atoms with Crippen molar-refractivity contribution in [3.05, 3.63) is 70.8 Å². The molecule has 1 aliphatic rings.